The van der Waals surface area contributed by atoms with Gasteiger partial charge in [-0.05, 0) is 24.1 Å². The summed E-state index contributed by atoms with van der Waals surface area (Å²) in [5, 5.41) is 7.76. The Kier molecular flexibility index (Phi) is 5.72. The second-order valence-electron chi connectivity index (χ2n) is 6.34. The minimum Gasteiger partial charge on any atom is -0.493 e. The second-order valence-corrected chi connectivity index (χ2v) is 6.34. The maximum Gasteiger partial charge on any atom is 0.346 e. The predicted molar refractivity (Wildman–Crippen MR) is 107 cm³/mol. The number of amides is 3. The number of methoxy groups -OCH3 is 3. The van der Waals surface area contributed by atoms with Crippen molar-refractivity contribution in [2.45, 2.75) is 18.9 Å². The van der Waals surface area contributed by atoms with Gasteiger partial charge in [0.05, 0.1) is 27.5 Å². The van der Waals surface area contributed by atoms with Crippen molar-refractivity contribution >= 4 is 18.2 Å². The second kappa shape index (κ2) is 8.22. The van der Waals surface area contributed by atoms with Crippen LogP contribution in [-0.2, 0) is 10.3 Å². The molecule has 8 heteroatoms. The Morgan fingerprint density at radius 3 is 2.28 bits per heavy atom. The number of nitrogens with zero attached hydrogens (tertiary/aromatic N) is 2. The molecule has 29 heavy (non-hydrogen) atoms. The largest absolute Gasteiger partial charge is 0.493 e. The highest BCUT2D eigenvalue weighted by molar-refractivity contribution is 6.08. The molecule has 1 heterocycles. The van der Waals surface area contributed by atoms with Crippen LogP contribution in [0.1, 0.15) is 24.5 Å². The molecule has 0 aliphatic carbocycles. The van der Waals surface area contributed by atoms with Gasteiger partial charge in [-0.2, -0.15) is 5.10 Å². The van der Waals surface area contributed by atoms with Crippen molar-refractivity contribution in [3.63, 3.8) is 0 Å². The van der Waals surface area contributed by atoms with Crippen LogP contribution in [0.5, 0.6) is 17.2 Å². The van der Waals surface area contributed by atoms with E-state index in [-0.39, 0.29) is 0 Å². The van der Waals surface area contributed by atoms with Crippen molar-refractivity contribution in [2.75, 3.05) is 21.3 Å². The van der Waals surface area contributed by atoms with Crippen LogP contribution >= 0.6 is 0 Å². The zero-order valence-corrected chi connectivity index (χ0v) is 16.8. The van der Waals surface area contributed by atoms with Crippen LogP contribution in [0.25, 0.3) is 0 Å². The van der Waals surface area contributed by atoms with E-state index in [0.717, 1.165) is 5.01 Å². The molecule has 1 atom stereocenters. The molecule has 1 saturated heterocycles. The number of hydrazone groups is 1. The smallest absolute Gasteiger partial charge is 0.346 e. The molecule has 1 aliphatic heterocycles. The minimum absolute atomic E-state index is 0.382. The highest BCUT2D eigenvalue weighted by atomic mass is 16.5. The molecule has 0 saturated carbocycles. The van der Waals surface area contributed by atoms with Gasteiger partial charge in [-0.1, -0.05) is 37.3 Å². The van der Waals surface area contributed by atoms with Crippen LogP contribution < -0.4 is 19.5 Å². The molecule has 1 N–H and O–H groups in total. The van der Waals surface area contributed by atoms with E-state index in [1.807, 2.05) is 37.3 Å². The number of carbonyl (C=O) groups is 2. The fourth-order valence-electron chi connectivity index (χ4n) is 3.37. The fraction of sp³-hybridized carbons (Fsp3) is 0.286. The van der Waals surface area contributed by atoms with Gasteiger partial charge in [0.2, 0.25) is 5.75 Å². The van der Waals surface area contributed by atoms with Crippen LogP contribution in [-0.4, -0.2) is 44.5 Å². The number of imide groups is 1. The zero-order chi connectivity index (χ0) is 21.0. The molecular formula is C21H23N3O5. The summed E-state index contributed by atoms with van der Waals surface area (Å²) < 4.78 is 16.0. The lowest BCUT2D eigenvalue weighted by Crippen LogP contribution is -2.43. The lowest BCUT2D eigenvalue weighted by atomic mass is 9.87. The Labute approximate surface area is 169 Å². The molecule has 2 aromatic rings. The monoisotopic (exact) mass is 397 g/mol. The quantitative estimate of drug-likeness (QED) is 0.573. The maximum atomic E-state index is 13.1. The topological polar surface area (TPSA) is 89.5 Å². The van der Waals surface area contributed by atoms with Gasteiger partial charge < -0.3 is 19.5 Å². The van der Waals surface area contributed by atoms with Crippen molar-refractivity contribution < 1.29 is 23.8 Å². The molecule has 8 nitrogen and oxygen atoms in total. The number of hydrogen-bond acceptors (Lipinski definition) is 6. The van der Waals surface area contributed by atoms with Gasteiger partial charge in [-0.15, -0.1) is 5.01 Å². The first-order valence-electron chi connectivity index (χ1n) is 9.07. The Hall–Kier alpha value is -3.55. The van der Waals surface area contributed by atoms with Gasteiger partial charge in [0, 0.05) is 5.56 Å². The van der Waals surface area contributed by atoms with Crippen LogP contribution in [0.3, 0.4) is 0 Å². The van der Waals surface area contributed by atoms with Crippen molar-refractivity contribution in [1.29, 1.82) is 0 Å². The molecule has 0 bridgehead atoms. The van der Waals surface area contributed by atoms with Crippen LogP contribution in [0, 0.1) is 0 Å². The summed E-state index contributed by atoms with van der Waals surface area (Å²) in [6, 6.07) is 11.9. The summed E-state index contributed by atoms with van der Waals surface area (Å²) in [4.78, 5) is 25.7. The lowest BCUT2D eigenvalue weighted by Gasteiger charge is -2.24. The molecule has 3 rings (SSSR count). The molecule has 1 aliphatic rings. The number of rotatable bonds is 7. The molecule has 2 aromatic carbocycles. The lowest BCUT2D eigenvalue weighted by molar-refractivity contribution is -0.131. The number of hydrogen-bond donors (Lipinski definition) is 1. The summed E-state index contributed by atoms with van der Waals surface area (Å²) in [7, 11) is 4.50. The third kappa shape index (κ3) is 3.37. The molecule has 1 fully saturated rings. The van der Waals surface area contributed by atoms with E-state index in [1.165, 1.54) is 27.5 Å². The van der Waals surface area contributed by atoms with E-state index in [0.29, 0.717) is 34.8 Å². The molecule has 152 valence electrons. The average molecular weight is 397 g/mol. The van der Waals surface area contributed by atoms with E-state index in [2.05, 4.69) is 10.4 Å². The van der Waals surface area contributed by atoms with E-state index >= 15 is 0 Å². The standard InChI is InChI=1S/C21H23N3O5/c1-5-21(15-9-7-6-8-10-15)19(25)24(20(26)23-21)22-13-14-11-12-16(27-2)18(29-4)17(14)28-3/h6-13H,5H2,1-4H3,(H,23,26)/b22-13-/t21-/m0/s1. The summed E-state index contributed by atoms with van der Waals surface area (Å²) in [6.45, 7) is 1.84. The third-order valence-corrected chi connectivity index (χ3v) is 4.91. The Morgan fingerprint density at radius 1 is 1.00 bits per heavy atom. The Balaban J connectivity index is 1.96. The number of carbonyl (C=O) groups excluding carboxylic acids is 2. The molecule has 0 unspecified atom stereocenters. The number of ether oxygens (including phenoxy) is 3. The van der Waals surface area contributed by atoms with Gasteiger partial charge in [0.25, 0.3) is 5.91 Å². The average Bonchev–Trinajstić information content (AvgIpc) is 3.02. The minimum atomic E-state index is -1.14. The SMILES string of the molecule is CC[C@@]1(c2ccccc2)NC(=O)N(/N=C\c2ccc(OC)c(OC)c2OC)C1=O. The normalized spacial score (nSPS) is 18.8. The predicted octanol–water partition coefficient (Wildman–Crippen LogP) is 2.90. The zero-order valence-electron chi connectivity index (χ0n) is 16.8. The van der Waals surface area contributed by atoms with Crippen molar-refractivity contribution in [3.05, 3.63) is 53.6 Å². The highest BCUT2D eigenvalue weighted by Crippen LogP contribution is 2.39. The maximum absolute atomic E-state index is 13.1. The third-order valence-electron chi connectivity index (χ3n) is 4.91. The van der Waals surface area contributed by atoms with Crippen LogP contribution in [0.4, 0.5) is 4.79 Å². The Morgan fingerprint density at radius 2 is 1.69 bits per heavy atom. The number of benzene rings is 2. The van der Waals surface area contributed by atoms with Crippen LogP contribution in [0.2, 0.25) is 0 Å². The first-order chi connectivity index (χ1) is 14.0. The van der Waals surface area contributed by atoms with E-state index in [1.54, 1.807) is 12.1 Å². The van der Waals surface area contributed by atoms with Crippen molar-refractivity contribution in [1.82, 2.24) is 10.3 Å². The first kappa shape index (κ1) is 20.2. The molecular weight excluding hydrogens is 374 g/mol. The van der Waals surface area contributed by atoms with Gasteiger partial charge in [0.15, 0.2) is 11.5 Å². The summed E-state index contributed by atoms with van der Waals surface area (Å²) in [5.74, 6) is 0.827. The van der Waals surface area contributed by atoms with Gasteiger partial charge in [-0.3, -0.25) is 4.79 Å². The Bertz CT molecular complexity index is 945. The van der Waals surface area contributed by atoms with Gasteiger partial charge in [0.1, 0.15) is 5.54 Å². The fourth-order valence-corrected chi connectivity index (χ4v) is 3.37. The van der Waals surface area contributed by atoms with Gasteiger partial charge in [-0.25, -0.2) is 4.79 Å². The number of nitrogens with one attached hydrogen (secondary N) is 1. The first-order valence-corrected chi connectivity index (χ1v) is 9.07. The molecule has 0 spiro atoms. The molecule has 3 amide bonds. The number of urea groups is 1. The van der Waals surface area contributed by atoms with Crippen molar-refractivity contribution in [3.8, 4) is 17.2 Å². The molecule has 0 aromatic heterocycles. The van der Waals surface area contributed by atoms with Crippen LogP contribution in [0.15, 0.2) is 47.6 Å². The van der Waals surface area contributed by atoms with Gasteiger partial charge >= 0.3 is 6.03 Å². The van der Waals surface area contributed by atoms with E-state index in [9.17, 15) is 9.59 Å². The summed E-state index contributed by atoms with van der Waals surface area (Å²) in [5.41, 5.74) is 0.0962. The summed E-state index contributed by atoms with van der Waals surface area (Å²) in [6.07, 6.45) is 1.78. The summed E-state index contributed by atoms with van der Waals surface area (Å²) >= 11 is 0. The van der Waals surface area contributed by atoms with Crippen molar-refractivity contribution in [2.24, 2.45) is 5.10 Å². The van der Waals surface area contributed by atoms with E-state index in [4.69, 9.17) is 14.2 Å². The van der Waals surface area contributed by atoms with E-state index < -0.39 is 17.5 Å². The highest BCUT2D eigenvalue weighted by Gasteiger charge is 2.51. The molecule has 0 radical (unpaired) electrons.